The second kappa shape index (κ2) is 7.36. The summed E-state index contributed by atoms with van der Waals surface area (Å²) in [4.78, 5) is 21.7. The van der Waals surface area contributed by atoms with Crippen molar-refractivity contribution < 1.29 is 18.5 Å². The van der Waals surface area contributed by atoms with Crippen LogP contribution in [0.4, 0.5) is 6.01 Å². The Bertz CT molecular complexity index is 1230. The third-order valence-electron chi connectivity index (χ3n) is 3.55. The second-order valence-corrected chi connectivity index (χ2v) is 7.46. The van der Waals surface area contributed by atoms with E-state index < -0.39 is 16.6 Å². The van der Waals surface area contributed by atoms with Gasteiger partial charge in [0.25, 0.3) is 0 Å². The molecule has 13 heteroatoms. The summed E-state index contributed by atoms with van der Waals surface area (Å²) in [5, 5.41) is 26.5. The van der Waals surface area contributed by atoms with Crippen molar-refractivity contribution in [2.75, 3.05) is 7.11 Å². The van der Waals surface area contributed by atoms with E-state index in [9.17, 15) is 14.9 Å². The average Bonchev–Trinajstić information content (AvgIpc) is 3.34. The molecule has 4 aromatic rings. The van der Waals surface area contributed by atoms with Crippen molar-refractivity contribution in [3.63, 3.8) is 0 Å². The minimum Gasteiger partial charge on any atom is -0.497 e. The lowest BCUT2D eigenvalue weighted by Crippen LogP contribution is -2.00. The number of ether oxygens (including phenoxy) is 1. The van der Waals surface area contributed by atoms with E-state index in [1.165, 1.54) is 24.9 Å². The van der Waals surface area contributed by atoms with Gasteiger partial charge in [-0.05, 0) is 17.7 Å². The quantitative estimate of drug-likeness (QED) is 0.196. The van der Waals surface area contributed by atoms with Crippen LogP contribution in [0.3, 0.4) is 0 Å². The van der Waals surface area contributed by atoms with Gasteiger partial charge < -0.3 is 23.7 Å². The minimum absolute atomic E-state index is 0.0750. The smallest absolute Gasteiger partial charge is 0.497 e. The van der Waals surface area contributed by atoms with Gasteiger partial charge in [0, 0.05) is 33.3 Å². The van der Waals surface area contributed by atoms with Crippen molar-refractivity contribution in [3.8, 4) is 16.6 Å². The molecule has 0 spiro atoms. The fraction of sp³-hybridized carbons (Fsp3) is 0.133. The Morgan fingerprint density at radius 2 is 2.07 bits per heavy atom. The lowest BCUT2D eigenvalue weighted by atomic mass is 10.1. The van der Waals surface area contributed by atoms with E-state index in [2.05, 4.69) is 20.4 Å². The van der Waals surface area contributed by atoms with E-state index in [1.807, 2.05) is 6.07 Å². The molecule has 0 aliphatic rings. The van der Waals surface area contributed by atoms with Gasteiger partial charge in [-0.25, -0.2) is 4.79 Å². The van der Waals surface area contributed by atoms with Crippen LogP contribution in [-0.2, 0) is 5.75 Å². The van der Waals surface area contributed by atoms with Gasteiger partial charge in [0.15, 0.2) is 4.34 Å². The number of benzene rings is 1. The molecule has 28 heavy (non-hydrogen) atoms. The molecule has 0 saturated heterocycles. The fourth-order valence-electron chi connectivity index (χ4n) is 2.33. The van der Waals surface area contributed by atoms with Crippen LogP contribution < -0.4 is 10.4 Å². The summed E-state index contributed by atoms with van der Waals surface area (Å²) in [7, 11) is 1.53. The Morgan fingerprint density at radius 1 is 1.21 bits per heavy atom. The lowest BCUT2D eigenvalue weighted by molar-refractivity contribution is -0.407. The number of nitro groups is 1. The number of fused-ring (bicyclic) bond motifs is 1. The maximum absolute atomic E-state index is 11.8. The molecule has 0 radical (unpaired) electrons. The zero-order chi connectivity index (χ0) is 19.7. The van der Waals surface area contributed by atoms with E-state index in [0.29, 0.717) is 21.4 Å². The molecule has 1 aromatic carbocycles. The van der Waals surface area contributed by atoms with Gasteiger partial charge in [0.05, 0.1) is 7.11 Å². The van der Waals surface area contributed by atoms with Gasteiger partial charge >= 0.3 is 17.5 Å². The van der Waals surface area contributed by atoms with Crippen molar-refractivity contribution in [1.29, 1.82) is 0 Å². The lowest BCUT2D eigenvalue weighted by Gasteiger charge is -2.05. The van der Waals surface area contributed by atoms with Gasteiger partial charge in [-0.2, -0.15) is 0 Å². The zero-order valence-electron chi connectivity index (χ0n) is 14.0. The third-order valence-corrected chi connectivity index (χ3v) is 5.64. The molecule has 3 heterocycles. The summed E-state index contributed by atoms with van der Waals surface area (Å²) in [5.74, 6) is 0.948. The molecule has 142 valence electrons. The molecule has 0 unspecified atom stereocenters. The van der Waals surface area contributed by atoms with Crippen LogP contribution in [0.1, 0.15) is 5.56 Å². The molecule has 11 nitrogen and oxygen atoms in total. The first kappa shape index (κ1) is 18.1. The topological polar surface area (TPSA) is 147 Å². The number of hydrogen-bond donors (Lipinski definition) is 0. The van der Waals surface area contributed by atoms with Crippen molar-refractivity contribution in [1.82, 2.24) is 20.4 Å². The molecule has 0 saturated carbocycles. The average molecular weight is 419 g/mol. The molecule has 0 bridgehead atoms. The third kappa shape index (κ3) is 3.57. The Labute approximate surface area is 163 Å². The highest BCUT2D eigenvalue weighted by molar-refractivity contribution is 8.00. The van der Waals surface area contributed by atoms with Crippen LogP contribution >= 0.6 is 23.1 Å². The normalized spacial score (nSPS) is 11.0. The maximum Gasteiger partial charge on any atom is 0.572 e. The number of thioether (sulfide) groups is 1. The SMILES string of the molecule is COc1ccc2c(CSc3nnc(-c4nnc([N+](=O)[O-])o4)s3)cc(=O)oc2c1. The number of nitrogens with zero attached hydrogens (tertiary/aromatic N) is 5. The van der Waals surface area contributed by atoms with Gasteiger partial charge in [-0.3, -0.25) is 0 Å². The van der Waals surface area contributed by atoms with Gasteiger partial charge in [0.1, 0.15) is 16.4 Å². The summed E-state index contributed by atoms with van der Waals surface area (Å²) >= 11 is 2.49. The van der Waals surface area contributed by atoms with E-state index >= 15 is 0 Å². The highest BCUT2D eigenvalue weighted by Gasteiger charge is 2.22. The van der Waals surface area contributed by atoms with Crippen LogP contribution in [0.5, 0.6) is 5.75 Å². The summed E-state index contributed by atoms with van der Waals surface area (Å²) < 4.78 is 15.9. The zero-order valence-corrected chi connectivity index (χ0v) is 15.7. The first-order chi connectivity index (χ1) is 13.5. The monoisotopic (exact) mass is 419 g/mol. The molecule has 0 amide bonds. The summed E-state index contributed by atoms with van der Waals surface area (Å²) in [5.41, 5.74) is 0.732. The Morgan fingerprint density at radius 3 is 2.82 bits per heavy atom. The number of methoxy groups -OCH3 is 1. The molecule has 0 N–H and O–H groups in total. The number of hydrogen-bond acceptors (Lipinski definition) is 12. The predicted molar refractivity (Wildman–Crippen MR) is 98.5 cm³/mol. The highest BCUT2D eigenvalue weighted by atomic mass is 32.2. The highest BCUT2D eigenvalue weighted by Crippen LogP contribution is 2.33. The van der Waals surface area contributed by atoms with Crippen molar-refractivity contribution in [2.45, 2.75) is 10.1 Å². The van der Waals surface area contributed by atoms with E-state index in [-0.39, 0.29) is 10.9 Å². The molecule has 0 atom stereocenters. The summed E-state index contributed by atoms with van der Waals surface area (Å²) in [6.45, 7) is 0. The molecule has 4 rings (SSSR count). The molecule has 3 aromatic heterocycles. The molecular weight excluding hydrogens is 410 g/mol. The van der Waals surface area contributed by atoms with Crippen LogP contribution in [-0.4, -0.2) is 32.4 Å². The molecular formula is C15H9N5O6S2. The first-order valence-corrected chi connectivity index (χ1v) is 9.39. The van der Waals surface area contributed by atoms with E-state index in [0.717, 1.165) is 22.3 Å². The molecule has 0 aliphatic carbocycles. The van der Waals surface area contributed by atoms with Crippen LogP contribution in [0, 0.1) is 10.1 Å². The largest absolute Gasteiger partial charge is 0.572 e. The predicted octanol–water partition coefficient (Wildman–Crippen LogP) is 2.90. The van der Waals surface area contributed by atoms with Crippen molar-refractivity contribution in [3.05, 3.63) is 50.4 Å². The molecule has 0 fully saturated rings. The van der Waals surface area contributed by atoms with E-state index in [4.69, 9.17) is 13.6 Å². The van der Waals surface area contributed by atoms with Crippen molar-refractivity contribution in [2.24, 2.45) is 0 Å². The standard InChI is InChI=1S/C15H9N5O6S2/c1-24-8-2-3-9-7(4-11(21)25-10(9)5-8)6-27-15-19-17-13(28-15)12-16-18-14(26-12)20(22)23/h2-5H,6H2,1H3. The van der Waals surface area contributed by atoms with E-state index in [1.54, 1.807) is 12.1 Å². The summed E-state index contributed by atoms with van der Waals surface area (Å²) in [6.07, 6.45) is 0. The Kier molecular flexibility index (Phi) is 4.75. The summed E-state index contributed by atoms with van der Waals surface area (Å²) in [6, 6.07) is 5.96. The number of rotatable bonds is 6. The Hall–Kier alpha value is -3.32. The first-order valence-electron chi connectivity index (χ1n) is 7.59. The van der Waals surface area contributed by atoms with Gasteiger partial charge in [-0.1, -0.05) is 23.1 Å². The number of aromatic nitrogens is 4. The van der Waals surface area contributed by atoms with Gasteiger partial charge in [0.2, 0.25) is 5.01 Å². The maximum atomic E-state index is 11.8. The minimum atomic E-state index is -0.783. The molecule has 0 aliphatic heterocycles. The second-order valence-electron chi connectivity index (χ2n) is 5.26. The van der Waals surface area contributed by atoms with Gasteiger partial charge in [-0.15, -0.1) is 10.2 Å². The van der Waals surface area contributed by atoms with Crippen LogP contribution in [0.25, 0.3) is 21.9 Å². The van der Waals surface area contributed by atoms with Crippen LogP contribution in [0.15, 0.2) is 42.2 Å². The van der Waals surface area contributed by atoms with Crippen LogP contribution in [0.2, 0.25) is 0 Å². The Balaban J connectivity index is 1.56. The fourth-order valence-corrected chi connectivity index (χ4v) is 4.09. The van der Waals surface area contributed by atoms with Crippen molar-refractivity contribution >= 4 is 40.1 Å².